The molecule has 4 heteroatoms. The third-order valence-electron chi connectivity index (χ3n) is 4.77. The van der Waals surface area contributed by atoms with Crippen LogP contribution in [0.25, 0.3) is 0 Å². The zero-order valence-electron chi connectivity index (χ0n) is 12.1. The van der Waals surface area contributed by atoms with Gasteiger partial charge in [0.05, 0.1) is 14.2 Å². The van der Waals surface area contributed by atoms with Crippen molar-refractivity contribution in [2.45, 2.75) is 19.3 Å². The van der Waals surface area contributed by atoms with Gasteiger partial charge in [0.2, 0.25) is 0 Å². The fourth-order valence-electron chi connectivity index (χ4n) is 3.39. The maximum atomic E-state index is 12.6. The molecular weight excluding hydrogens is 254 g/mol. The molecule has 0 radical (unpaired) electrons. The first-order chi connectivity index (χ1) is 9.70. The van der Waals surface area contributed by atoms with Gasteiger partial charge in [-0.15, -0.1) is 0 Å². The zero-order valence-corrected chi connectivity index (χ0v) is 12.1. The summed E-state index contributed by atoms with van der Waals surface area (Å²) in [6.07, 6.45) is 3.29. The number of piperidine rings is 1. The van der Waals surface area contributed by atoms with Crippen LogP contribution in [0.4, 0.5) is 0 Å². The van der Waals surface area contributed by atoms with Crippen LogP contribution in [0.3, 0.4) is 0 Å². The molecule has 0 amide bonds. The molecule has 1 aliphatic heterocycles. The number of carbonyl (C=O) groups is 1. The molecule has 1 aromatic carbocycles. The van der Waals surface area contributed by atoms with E-state index in [-0.39, 0.29) is 17.1 Å². The fraction of sp³-hybridized carbons (Fsp3) is 0.562. The monoisotopic (exact) mass is 275 g/mol. The van der Waals surface area contributed by atoms with Gasteiger partial charge in [-0.3, -0.25) is 4.79 Å². The van der Waals surface area contributed by atoms with Crippen molar-refractivity contribution in [3.63, 3.8) is 0 Å². The van der Waals surface area contributed by atoms with Crippen molar-refractivity contribution < 1.29 is 14.3 Å². The Balaban J connectivity index is 1.78. The lowest BCUT2D eigenvalue weighted by atomic mass is 9.89. The minimum atomic E-state index is 0.197. The van der Waals surface area contributed by atoms with E-state index >= 15 is 0 Å². The third kappa shape index (κ3) is 2.18. The normalized spacial score (nSPS) is 23.4. The molecule has 1 saturated carbocycles. The first-order valence-corrected chi connectivity index (χ1v) is 7.17. The molecule has 0 bridgehead atoms. The second-order valence-electron chi connectivity index (χ2n) is 5.80. The summed E-state index contributed by atoms with van der Waals surface area (Å²) in [4.78, 5) is 12.6. The minimum absolute atomic E-state index is 0.197. The molecule has 20 heavy (non-hydrogen) atoms. The Morgan fingerprint density at radius 2 is 1.90 bits per heavy atom. The van der Waals surface area contributed by atoms with Gasteiger partial charge in [-0.05, 0) is 56.0 Å². The lowest BCUT2D eigenvalue weighted by molar-refractivity contribution is 0.0940. The fourth-order valence-corrected chi connectivity index (χ4v) is 3.39. The molecule has 108 valence electrons. The number of benzene rings is 1. The molecule has 1 saturated heterocycles. The van der Waals surface area contributed by atoms with Crippen molar-refractivity contribution in [1.82, 2.24) is 5.32 Å². The number of Topliss-reactive ketones (excluding diaryl/α,β-unsaturated/α-hetero) is 1. The number of ketones is 1. The summed E-state index contributed by atoms with van der Waals surface area (Å²) >= 11 is 0. The van der Waals surface area contributed by atoms with E-state index in [2.05, 4.69) is 5.32 Å². The van der Waals surface area contributed by atoms with E-state index < -0.39 is 0 Å². The van der Waals surface area contributed by atoms with Gasteiger partial charge in [-0.1, -0.05) is 0 Å². The highest BCUT2D eigenvalue weighted by Gasteiger charge is 2.57. The highest BCUT2D eigenvalue weighted by molar-refractivity contribution is 6.00. The van der Waals surface area contributed by atoms with Gasteiger partial charge in [0, 0.05) is 11.5 Å². The third-order valence-corrected chi connectivity index (χ3v) is 4.77. The topological polar surface area (TPSA) is 47.6 Å². The van der Waals surface area contributed by atoms with Gasteiger partial charge in [0.25, 0.3) is 0 Å². The molecule has 1 spiro atoms. The highest BCUT2D eigenvalue weighted by atomic mass is 16.5. The van der Waals surface area contributed by atoms with Crippen molar-refractivity contribution in [3.05, 3.63) is 23.8 Å². The lowest BCUT2D eigenvalue weighted by Gasteiger charge is -2.23. The van der Waals surface area contributed by atoms with Crippen LogP contribution in [-0.4, -0.2) is 33.1 Å². The maximum Gasteiger partial charge on any atom is 0.166 e. The van der Waals surface area contributed by atoms with Crippen molar-refractivity contribution >= 4 is 5.78 Å². The summed E-state index contributed by atoms with van der Waals surface area (Å²) < 4.78 is 10.5. The zero-order chi connectivity index (χ0) is 14.2. The quantitative estimate of drug-likeness (QED) is 0.856. The first-order valence-electron chi connectivity index (χ1n) is 7.17. The van der Waals surface area contributed by atoms with Gasteiger partial charge in [0.15, 0.2) is 17.3 Å². The van der Waals surface area contributed by atoms with Crippen molar-refractivity contribution in [3.8, 4) is 11.5 Å². The summed E-state index contributed by atoms with van der Waals surface area (Å²) in [6.45, 7) is 2.07. The number of carbonyl (C=O) groups excluding carboxylic acids is 1. The van der Waals surface area contributed by atoms with Crippen LogP contribution in [0.5, 0.6) is 11.5 Å². The molecule has 1 heterocycles. The predicted molar refractivity (Wildman–Crippen MR) is 76.5 cm³/mol. The Morgan fingerprint density at radius 3 is 2.55 bits per heavy atom. The Bertz CT molecular complexity index is 520. The molecular formula is C16H21NO3. The first kappa shape index (κ1) is 13.4. The molecule has 1 aromatic rings. The Labute approximate surface area is 119 Å². The predicted octanol–water partition coefficient (Wildman–Crippen LogP) is 2.28. The summed E-state index contributed by atoms with van der Waals surface area (Å²) in [5.41, 5.74) is 1.01. The molecule has 1 N–H and O–H groups in total. The number of rotatable bonds is 4. The van der Waals surface area contributed by atoms with E-state index in [4.69, 9.17) is 9.47 Å². The Hall–Kier alpha value is -1.55. The maximum absolute atomic E-state index is 12.6. The van der Waals surface area contributed by atoms with Crippen molar-refractivity contribution in [1.29, 1.82) is 0 Å². The lowest BCUT2D eigenvalue weighted by Crippen LogP contribution is -2.30. The van der Waals surface area contributed by atoms with Crippen molar-refractivity contribution in [2.75, 3.05) is 27.3 Å². The van der Waals surface area contributed by atoms with Crippen LogP contribution in [0.2, 0.25) is 0 Å². The summed E-state index contributed by atoms with van der Waals surface area (Å²) in [7, 11) is 3.20. The standard InChI is InChI=1S/C16H21NO3/c1-19-13-4-3-11(9-14(13)20-2)15(18)12-10-16(12)5-7-17-8-6-16/h3-4,9,12,17H,5-8,10H2,1-2H3. The molecule has 4 nitrogen and oxygen atoms in total. The Kier molecular flexibility index (Phi) is 3.42. The van der Waals surface area contributed by atoms with Gasteiger partial charge < -0.3 is 14.8 Å². The van der Waals surface area contributed by atoms with E-state index in [0.717, 1.165) is 37.9 Å². The highest BCUT2D eigenvalue weighted by Crippen LogP contribution is 2.59. The van der Waals surface area contributed by atoms with Crippen LogP contribution in [-0.2, 0) is 0 Å². The minimum Gasteiger partial charge on any atom is -0.493 e. The molecule has 2 aliphatic rings. The summed E-state index contributed by atoms with van der Waals surface area (Å²) in [6, 6.07) is 5.45. The number of methoxy groups -OCH3 is 2. The van der Waals surface area contributed by atoms with Crippen LogP contribution in [0, 0.1) is 11.3 Å². The SMILES string of the molecule is COc1ccc(C(=O)C2CC23CCNCC3)cc1OC. The van der Waals surface area contributed by atoms with E-state index in [1.807, 2.05) is 12.1 Å². The number of nitrogens with one attached hydrogen (secondary N) is 1. The van der Waals surface area contributed by atoms with E-state index in [0.29, 0.717) is 11.5 Å². The molecule has 3 rings (SSSR count). The van der Waals surface area contributed by atoms with Crippen LogP contribution in [0.15, 0.2) is 18.2 Å². The van der Waals surface area contributed by atoms with Crippen molar-refractivity contribution in [2.24, 2.45) is 11.3 Å². The number of ether oxygens (including phenoxy) is 2. The molecule has 1 unspecified atom stereocenters. The Morgan fingerprint density at radius 1 is 1.20 bits per heavy atom. The molecule has 1 atom stereocenters. The van der Waals surface area contributed by atoms with Gasteiger partial charge in [0.1, 0.15) is 0 Å². The van der Waals surface area contributed by atoms with Gasteiger partial charge in [-0.25, -0.2) is 0 Å². The number of hydrogen-bond donors (Lipinski definition) is 1. The number of hydrogen-bond acceptors (Lipinski definition) is 4. The van der Waals surface area contributed by atoms with Crippen LogP contribution in [0.1, 0.15) is 29.6 Å². The van der Waals surface area contributed by atoms with Gasteiger partial charge >= 0.3 is 0 Å². The molecule has 1 aliphatic carbocycles. The summed E-state index contributed by atoms with van der Waals surface area (Å²) in [5, 5.41) is 3.37. The molecule has 2 fully saturated rings. The average Bonchev–Trinajstić information content (AvgIpc) is 3.19. The largest absolute Gasteiger partial charge is 0.493 e. The second kappa shape index (κ2) is 5.09. The van der Waals surface area contributed by atoms with E-state index in [9.17, 15) is 4.79 Å². The van der Waals surface area contributed by atoms with Crippen LogP contribution >= 0.6 is 0 Å². The molecule has 0 aromatic heterocycles. The van der Waals surface area contributed by atoms with E-state index in [1.165, 1.54) is 0 Å². The smallest absolute Gasteiger partial charge is 0.166 e. The average molecular weight is 275 g/mol. The van der Waals surface area contributed by atoms with E-state index in [1.54, 1.807) is 20.3 Å². The summed E-state index contributed by atoms with van der Waals surface area (Å²) in [5.74, 6) is 1.74. The van der Waals surface area contributed by atoms with Gasteiger partial charge in [-0.2, -0.15) is 0 Å². The van der Waals surface area contributed by atoms with Crippen LogP contribution < -0.4 is 14.8 Å². The second-order valence-corrected chi connectivity index (χ2v) is 5.80.